The van der Waals surface area contributed by atoms with Gasteiger partial charge in [0.25, 0.3) is 0 Å². The SMILES string of the molecule is CC1(C)c2ccccc2-c2cccc(-c3cc(-c4ccc5ccc6ccccc6c5c4)cc(-c4cccc5c4C(C)(C)c4ccccc4-5)c3)c21. The predicted octanol–water partition coefficient (Wildman–Crippen LogP) is 13.6. The summed E-state index contributed by atoms with van der Waals surface area (Å²) in [5, 5.41) is 5.13. The molecular weight excluding hydrogens is 601 g/mol. The molecule has 0 atom stereocenters. The summed E-state index contributed by atoms with van der Waals surface area (Å²) in [6.07, 6.45) is 0. The average Bonchev–Trinajstić information content (AvgIpc) is 3.54. The lowest BCUT2D eigenvalue weighted by Gasteiger charge is -2.26. The smallest absolute Gasteiger partial charge is 0.0165 e. The van der Waals surface area contributed by atoms with Crippen LogP contribution in [0.15, 0.2) is 158 Å². The molecule has 0 N–H and O–H groups in total. The van der Waals surface area contributed by atoms with Crippen LogP contribution in [0.4, 0.5) is 0 Å². The molecule has 0 unspecified atom stereocenters. The lowest BCUT2D eigenvalue weighted by molar-refractivity contribution is 0.662. The lowest BCUT2D eigenvalue weighted by atomic mass is 9.77. The maximum Gasteiger partial charge on any atom is 0.0165 e. The van der Waals surface area contributed by atoms with Crippen molar-refractivity contribution in [1.29, 1.82) is 0 Å². The summed E-state index contributed by atoms with van der Waals surface area (Å²) in [6, 6.07) is 59.3. The molecule has 8 aromatic carbocycles. The fourth-order valence-corrected chi connectivity index (χ4v) is 9.46. The highest BCUT2D eigenvalue weighted by molar-refractivity contribution is 6.09. The van der Waals surface area contributed by atoms with Crippen LogP contribution in [0.1, 0.15) is 49.9 Å². The van der Waals surface area contributed by atoms with Gasteiger partial charge in [-0.25, -0.2) is 0 Å². The van der Waals surface area contributed by atoms with E-state index in [9.17, 15) is 0 Å². The second-order valence-electron chi connectivity index (χ2n) is 15.3. The Labute approximate surface area is 294 Å². The van der Waals surface area contributed by atoms with E-state index in [1.165, 1.54) is 99.4 Å². The summed E-state index contributed by atoms with van der Waals surface area (Å²) in [7, 11) is 0. The lowest BCUT2D eigenvalue weighted by Crippen LogP contribution is -2.16. The fourth-order valence-electron chi connectivity index (χ4n) is 9.46. The van der Waals surface area contributed by atoms with Gasteiger partial charge in [0.05, 0.1) is 0 Å². The molecule has 0 nitrogen and oxygen atoms in total. The first-order chi connectivity index (χ1) is 24.3. The van der Waals surface area contributed by atoms with E-state index in [-0.39, 0.29) is 10.8 Å². The minimum absolute atomic E-state index is 0.113. The molecule has 0 aromatic heterocycles. The maximum absolute atomic E-state index is 2.46. The van der Waals surface area contributed by atoms with Crippen LogP contribution in [-0.4, -0.2) is 0 Å². The van der Waals surface area contributed by atoms with Crippen LogP contribution in [0.25, 0.3) is 77.2 Å². The third-order valence-corrected chi connectivity index (χ3v) is 11.8. The van der Waals surface area contributed by atoms with E-state index in [4.69, 9.17) is 0 Å². The molecule has 0 bridgehead atoms. The molecule has 0 amide bonds. The van der Waals surface area contributed by atoms with Crippen molar-refractivity contribution in [1.82, 2.24) is 0 Å². The number of rotatable bonds is 3. The molecule has 0 aliphatic heterocycles. The van der Waals surface area contributed by atoms with Crippen LogP contribution in [0, 0.1) is 0 Å². The standard InChI is InChI=1S/C50H38/c1-49(2)45-21-9-7-15-40(45)42-19-11-17-38(47(42)49)35-27-34(33-26-25-32-24-23-31-13-5-6-14-37(31)44(32)30-33)28-36(29-35)39-18-12-20-43-41-16-8-10-22-46(41)50(3,4)48(39)43/h5-30H,1-4H3. The van der Waals surface area contributed by atoms with Gasteiger partial charge in [-0.15, -0.1) is 0 Å². The molecule has 238 valence electrons. The van der Waals surface area contributed by atoms with E-state index >= 15 is 0 Å². The van der Waals surface area contributed by atoms with Gasteiger partial charge < -0.3 is 0 Å². The van der Waals surface area contributed by atoms with Crippen molar-refractivity contribution in [3.8, 4) is 55.6 Å². The monoisotopic (exact) mass is 638 g/mol. The molecule has 0 heteroatoms. The van der Waals surface area contributed by atoms with Crippen LogP contribution >= 0.6 is 0 Å². The van der Waals surface area contributed by atoms with E-state index in [1.807, 2.05) is 0 Å². The molecule has 2 aliphatic rings. The van der Waals surface area contributed by atoms with Gasteiger partial charge in [-0.1, -0.05) is 161 Å². The zero-order valence-electron chi connectivity index (χ0n) is 29.0. The number of hydrogen-bond acceptors (Lipinski definition) is 0. The van der Waals surface area contributed by atoms with Crippen molar-refractivity contribution in [2.45, 2.75) is 38.5 Å². The highest BCUT2D eigenvalue weighted by Gasteiger charge is 2.39. The van der Waals surface area contributed by atoms with Gasteiger partial charge in [0.15, 0.2) is 0 Å². The van der Waals surface area contributed by atoms with Crippen molar-refractivity contribution < 1.29 is 0 Å². The van der Waals surface area contributed by atoms with Gasteiger partial charge in [0.2, 0.25) is 0 Å². The van der Waals surface area contributed by atoms with Crippen LogP contribution in [0.2, 0.25) is 0 Å². The quantitative estimate of drug-likeness (QED) is 0.169. The first-order valence-electron chi connectivity index (χ1n) is 17.9. The minimum Gasteiger partial charge on any atom is -0.0619 e. The van der Waals surface area contributed by atoms with Gasteiger partial charge in [-0.3, -0.25) is 0 Å². The first kappa shape index (κ1) is 29.2. The zero-order chi connectivity index (χ0) is 33.8. The normalized spacial score (nSPS) is 14.7. The Kier molecular flexibility index (Phi) is 6.07. The summed E-state index contributed by atoms with van der Waals surface area (Å²) in [5.41, 5.74) is 18.5. The first-order valence-corrected chi connectivity index (χ1v) is 17.9. The van der Waals surface area contributed by atoms with Crippen LogP contribution in [0.3, 0.4) is 0 Å². The highest BCUT2D eigenvalue weighted by Crippen LogP contribution is 2.54. The van der Waals surface area contributed by atoms with E-state index in [0.717, 1.165) is 0 Å². The molecule has 0 fully saturated rings. The number of benzene rings is 8. The van der Waals surface area contributed by atoms with Crippen molar-refractivity contribution in [2.24, 2.45) is 0 Å². The topological polar surface area (TPSA) is 0 Å². The molecule has 0 heterocycles. The maximum atomic E-state index is 2.46. The Morgan fingerprint density at radius 2 is 0.740 bits per heavy atom. The highest BCUT2D eigenvalue weighted by atomic mass is 14.4. The zero-order valence-corrected chi connectivity index (χ0v) is 29.0. The Morgan fingerprint density at radius 3 is 1.34 bits per heavy atom. The van der Waals surface area contributed by atoms with Crippen LogP contribution in [0.5, 0.6) is 0 Å². The molecule has 0 saturated carbocycles. The van der Waals surface area contributed by atoms with Crippen molar-refractivity contribution in [2.75, 3.05) is 0 Å². The van der Waals surface area contributed by atoms with E-state index < -0.39 is 0 Å². The summed E-state index contributed by atoms with van der Waals surface area (Å²) >= 11 is 0. The molecular formula is C50H38. The average molecular weight is 639 g/mol. The molecule has 0 saturated heterocycles. The Hall–Kier alpha value is -5.72. The summed E-state index contributed by atoms with van der Waals surface area (Å²) in [4.78, 5) is 0. The van der Waals surface area contributed by atoms with Gasteiger partial charge in [-0.05, 0) is 124 Å². The molecule has 0 radical (unpaired) electrons. The molecule has 50 heavy (non-hydrogen) atoms. The largest absolute Gasteiger partial charge is 0.0619 e. The minimum atomic E-state index is -0.113. The van der Waals surface area contributed by atoms with Crippen molar-refractivity contribution in [3.63, 3.8) is 0 Å². The second kappa shape index (κ2) is 10.4. The van der Waals surface area contributed by atoms with Crippen LogP contribution < -0.4 is 0 Å². The van der Waals surface area contributed by atoms with Crippen LogP contribution in [-0.2, 0) is 10.8 Å². The summed E-state index contributed by atoms with van der Waals surface area (Å²) in [6.45, 7) is 9.57. The summed E-state index contributed by atoms with van der Waals surface area (Å²) < 4.78 is 0. The van der Waals surface area contributed by atoms with E-state index in [1.54, 1.807) is 0 Å². The number of hydrogen-bond donors (Lipinski definition) is 0. The third-order valence-electron chi connectivity index (χ3n) is 11.8. The second-order valence-corrected chi connectivity index (χ2v) is 15.3. The van der Waals surface area contributed by atoms with Crippen molar-refractivity contribution >= 4 is 21.5 Å². The van der Waals surface area contributed by atoms with E-state index in [2.05, 4.69) is 185 Å². The molecule has 8 aromatic rings. The van der Waals surface area contributed by atoms with Gasteiger partial charge in [0, 0.05) is 10.8 Å². The Balaban J connectivity index is 1.25. The molecule has 0 spiro atoms. The molecule has 2 aliphatic carbocycles. The number of fused-ring (bicyclic) bond motifs is 9. The Morgan fingerprint density at radius 1 is 0.300 bits per heavy atom. The fraction of sp³-hybridized carbons (Fsp3) is 0.120. The van der Waals surface area contributed by atoms with Gasteiger partial charge >= 0.3 is 0 Å². The van der Waals surface area contributed by atoms with Gasteiger partial charge in [0.1, 0.15) is 0 Å². The third kappa shape index (κ3) is 4.06. The predicted molar refractivity (Wildman–Crippen MR) is 213 cm³/mol. The Bertz CT molecular complexity index is 2570. The van der Waals surface area contributed by atoms with Crippen molar-refractivity contribution in [3.05, 3.63) is 180 Å². The van der Waals surface area contributed by atoms with Gasteiger partial charge in [-0.2, -0.15) is 0 Å². The van der Waals surface area contributed by atoms with E-state index in [0.29, 0.717) is 0 Å². The molecule has 10 rings (SSSR count). The summed E-state index contributed by atoms with van der Waals surface area (Å²) in [5.74, 6) is 0.